The minimum atomic E-state index is -0.626. The molecule has 1 aliphatic heterocycles. The maximum atomic E-state index is 12.6. The third kappa shape index (κ3) is 2.13. The minimum Gasteiger partial charge on any atom is -0.379 e. The Morgan fingerprint density at radius 2 is 2.28 bits per heavy atom. The van der Waals surface area contributed by atoms with Crippen molar-refractivity contribution in [1.82, 2.24) is 0 Å². The van der Waals surface area contributed by atoms with Gasteiger partial charge >= 0.3 is 0 Å². The van der Waals surface area contributed by atoms with E-state index in [9.17, 15) is 4.79 Å². The number of aryl methyl sites for hydroxylation is 1. The van der Waals surface area contributed by atoms with Gasteiger partial charge in [-0.3, -0.25) is 4.79 Å². The second-order valence-electron chi connectivity index (χ2n) is 5.24. The molecule has 0 aromatic heterocycles. The fourth-order valence-electron chi connectivity index (χ4n) is 2.25. The van der Waals surface area contributed by atoms with E-state index in [1.807, 2.05) is 38.1 Å². The Kier molecular flexibility index (Phi) is 3.41. The molecule has 0 radical (unpaired) electrons. The van der Waals surface area contributed by atoms with Crippen LogP contribution in [0.1, 0.15) is 12.5 Å². The van der Waals surface area contributed by atoms with Gasteiger partial charge in [-0.05, 0) is 31.5 Å². The van der Waals surface area contributed by atoms with Gasteiger partial charge in [0.15, 0.2) is 0 Å². The number of rotatable bonds is 2. The number of carbonyl (C=O) groups excluding carboxylic acids is 1. The molecule has 0 bridgehead atoms. The average Bonchev–Trinajstić information content (AvgIpc) is 2.69. The van der Waals surface area contributed by atoms with E-state index in [0.717, 1.165) is 11.3 Å². The van der Waals surface area contributed by atoms with E-state index in [1.54, 1.807) is 11.9 Å². The summed E-state index contributed by atoms with van der Waals surface area (Å²) in [5.74, 6) is 0.0121. The number of carbonyl (C=O) groups is 1. The number of hydrogen-bond acceptors (Lipinski definition) is 3. The van der Waals surface area contributed by atoms with E-state index >= 15 is 0 Å². The zero-order valence-corrected chi connectivity index (χ0v) is 11.1. The van der Waals surface area contributed by atoms with Crippen molar-refractivity contribution in [2.24, 2.45) is 11.1 Å². The molecule has 1 aromatic carbocycles. The lowest BCUT2D eigenvalue weighted by atomic mass is 9.84. The van der Waals surface area contributed by atoms with Crippen LogP contribution < -0.4 is 10.6 Å². The molecule has 2 N–H and O–H groups in total. The average molecular weight is 248 g/mol. The molecular formula is C14H20N2O2. The van der Waals surface area contributed by atoms with Crippen LogP contribution in [0.2, 0.25) is 0 Å². The third-order valence-electron chi connectivity index (χ3n) is 3.70. The van der Waals surface area contributed by atoms with Crippen molar-refractivity contribution in [3.63, 3.8) is 0 Å². The first-order valence-electron chi connectivity index (χ1n) is 6.13. The van der Waals surface area contributed by atoms with Crippen LogP contribution in [0.3, 0.4) is 0 Å². The topological polar surface area (TPSA) is 55.6 Å². The highest BCUT2D eigenvalue weighted by atomic mass is 16.5. The van der Waals surface area contributed by atoms with Gasteiger partial charge < -0.3 is 15.4 Å². The molecule has 98 valence electrons. The fourth-order valence-corrected chi connectivity index (χ4v) is 2.25. The van der Waals surface area contributed by atoms with Gasteiger partial charge in [0.05, 0.1) is 18.6 Å². The van der Waals surface area contributed by atoms with Crippen molar-refractivity contribution >= 4 is 11.6 Å². The minimum absolute atomic E-state index is 0.0121. The van der Waals surface area contributed by atoms with E-state index in [0.29, 0.717) is 13.2 Å². The number of anilines is 1. The Morgan fingerprint density at radius 3 is 2.83 bits per heavy atom. The Balaban J connectivity index is 2.24. The number of hydrogen-bond donors (Lipinski definition) is 1. The van der Waals surface area contributed by atoms with Crippen molar-refractivity contribution in [2.75, 3.05) is 25.2 Å². The summed E-state index contributed by atoms with van der Waals surface area (Å²) in [6.45, 7) is 4.72. The van der Waals surface area contributed by atoms with Gasteiger partial charge in [-0.15, -0.1) is 0 Å². The molecule has 1 amide bonds. The molecule has 0 spiro atoms. The Hall–Kier alpha value is -1.39. The van der Waals surface area contributed by atoms with Crippen molar-refractivity contribution in [1.29, 1.82) is 0 Å². The number of amides is 1. The number of nitrogens with two attached hydrogens (primary N) is 1. The normalized spacial score (nSPS) is 27.2. The molecule has 2 unspecified atom stereocenters. The van der Waals surface area contributed by atoms with Crippen molar-refractivity contribution in [3.8, 4) is 0 Å². The van der Waals surface area contributed by atoms with Crippen LogP contribution in [-0.2, 0) is 9.53 Å². The highest BCUT2D eigenvalue weighted by molar-refractivity contribution is 5.97. The molecule has 1 fully saturated rings. The van der Waals surface area contributed by atoms with Gasteiger partial charge in [0, 0.05) is 18.8 Å². The van der Waals surface area contributed by atoms with Gasteiger partial charge in [0.1, 0.15) is 0 Å². The first-order valence-corrected chi connectivity index (χ1v) is 6.13. The zero-order valence-electron chi connectivity index (χ0n) is 11.1. The largest absolute Gasteiger partial charge is 0.379 e. The summed E-state index contributed by atoms with van der Waals surface area (Å²) in [5.41, 5.74) is 7.38. The van der Waals surface area contributed by atoms with Crippen LogP contribution in [-0.4, -0.2) is 32.2 Å². The summed E-state index contributed by atoms with van der Waals surface area (Å²) >= 11 is 0. The van der Waals surface area contributed by atoms with E-state index in [4.69, 9.17) is 10.5 Å². The fraction of sp³-hybridized carbons (Fsp3) is 0.500. The Morgan fingerprint density at radius 1 is 1.56 bits per heavy atom. The lowest BCUT2D eigenvalue weighted by molar-refractivity contribution is -0.127. The number of ether oxygens (including phenoxy) is 1. The van der Waals surface area contributed by atoms with Gasteiger partial charge in [-0.2, -0.15) is 0 Å². The molecule has 0 saturated carbocycles. The zero-order chi connectivity index (χ0) is 13.3. The van der Waals surface area contributed by atoms with Crippen molar-refractivity contribution in [2.45, 2.75) is 19.9 Å². The van der Waals surface area contributed by atoms with E-state index in [1.165, 1.54) is 0 Å². The monoisotopic (exact) mass is 248 g/mol. The molecule has 1 saturated heterocycles. The Bertz CT molecular complexity index is 461. The predicted octanol–water partition coefficient (Wildman–Crippen LogP) is 1.32. The lowest BCUT2D eigenvalue weighted by Crippen LogP contribution is -2.50. The van der Waals surface area contributed by atoms with Crippen molar-refractivity contribution in [3.05, 3.63) is 29.8 Å². The maximum absolute atomic E-state index is 12.6. The van der Waals surface area contributed by atoms with Gasteiger partial charge in [0.2, 0.25) is 5.91 Å². The van der Waals surface area contributed by atoms with Crippen LogP contribution in [0.4, 0.5) is 5.69 Å². The van der Waals surface area contributed by atoms with Crippen LogP contribution in [0.25, 0.3) is 0 Å². The molecule has 1 aliphatic rings. The molecule has 4 nitrogen and oxygen atoms in total. The van der Waals surface area contributed by atoms with Crippen molar-refractivity contribution < 1.29 is 9.53 Å². The van der Waals surface area contributed by atoms with Gasteiger partial charge in [0.25, 0.3) is 0 Å². The SMILES string of the molecule is Cc1cccc(N(C)C(=O)C2(C)COCC2N)c1. The molecule has 1 heterocycles. The molecule has 2 atom stereocenters. The highest BCUT2D eigenvalue weighted by Gasteiger charge is 2.45. The summed E-state index contributed by atoms with van der Waals surface area (Å²) < 4.78 is 5.33. The molecular weight excluding hydrogens is 228 g/mol. The number of benzene rings is 1. The Labute approximate surface area is 108 Å². The lowest BCUT2D eigenvalue weighted by Gasteiger charge is -2.31. The summed E-state index contributed by atoms with van der Waals surface area (Å²) in [6.07, 6.45) is 0. The van der Waals surface area contributed by atoms with Crippen LogP contribution in [0.5, 0.6) is 0 Å². The van der Waals surface area contributed by atoms with Crippen LogP contribution in [0.15, 0.2) is 24.3 Å². The van der Waals surface area contributed by atoms with E-state index < -0.39 is 5.41 Å². The van der Waals surface area contributed by atoms with E-state index in [-0.39, 0.29) is 11.9 Å². The maximum Gasteiger partial charge on any atom is 0.236 e. The third-order valence-corrected chi connectivity index (χ3v) is 3.70. The molecule has 1 aromatic rings. The van der Waals surface area contributed by atoms with Crippen LogP contribution in [0, 0.1) is 12.3 Å². The summed E-state index contributed by atoms with van der Waals surface area (Å²) in [6, 6.07) is 7.63. The second kappa shape index (κ2) is 4.71. The summed E-state index contributed by atoms with van der Waals surface area (Å²) in [7, 11) is 1.79. The molecule has 4 heteroatoms. The van der Waals surface area contributed by atoms with Gasteiger partial charge in [-0.25, -0.2) is 0 Å². The van der Waals surface area contributed by atoms with E-state index in [2.05, 4.69) is 0 Å². The smallest absolute Gasteiger partial charge is 0.236 e. The second-order valence-corrected chi connectivity index (χ2v) is 5.24. The first-order chi connectivity index (χ1) is 8.45. The molecule has 2 rings (SSSR count). The first kappa shape index (κ1) is 13.1. The van der Waals surface area contributed by atoms with Crippen LogP contribution >= 0.6 is 0 Å². The predicted molar refractivity (Wildman–Crippen MR) is 71.5 cm³/mol. The summed E-state index contributed by atoms with van der Waals surface area (Å²) in [5, 5.41) is 0. The summed E-state index contributed by atoms with van der Waals surface area (Å²) in [4.78, 5) is 14.2. The van der Waals surface area contributed by atoms with Gasteiger partial charge in [-0.1, -0.05) is 12.1 Å². The molecule has 0 aliphatic carbocycles. The standard InChI is InChI=1S/C14H20N2O2/c1-10-5-4-6-11(7-10)16(3)13(17)14(2)9-18-8-12(14)15/h4-7,12H,8-9,15H2,1-3H3. The number of nitrogens with zero attached hydrogens (tertiary/aromatic N) is 1. The highest BCUT2D eigenvalue weighted by Crippen LogP contribution is 2.31. The molecule has 18 heavy (non-hydrogen) atoms. The quantitative estimate of drug-likeness (QED) is 0.859.